The third kappa shape index (κ3) is 7.40. The van der Waals surface area contributed by atoms with Crippen LogP contribution in [0.15, 0.2) is 68.9 Å². The fourth-order valence-electron chi connectivity index (χ4n) is 2.30. The third-order valence-corrected chi connectivity index (χ3v) is 3.97. The van der Waals surface area contributed by atoms with Crippen LogP contribution in [-0.2, 0) is 0 Å². The van der Waals surface area contributed by atoms with Crippen molar-refractivity contribution in [3.63, 3.8) is 0 Å². The van der Waals surface area contributed by atoms with Crippen LogP contribution in [0.5, 0.6) is 0 Å². The average molecular weight is 440 g/mol. The van der Waals surface area contributed by atoms with E-state index in [0.717, 1.165) is 11.1 Å². The SMILES string of the molecule is C/C(=N\N=C(\N)NO)c1ccc(NC(=O)Nc2ccc(/C(C)=N/N=C(/N)NO)cc2)cc1. The topological polar surface area (TPSA) is 207 Å². The molecule has 2 amide bonds. The van der Waals surface area contributed by atoms with Crippen molar-refractivity contribution in [2.45, 2.75) is 13.8 Å². The minimum atomic E-state index is -0.418. The van der Waals surface area contributed by atoms with Crippen molar-refractivity contribution in [1.29, 1.82) is 0 Å². The van der Waals surface area contributed by atoms with Crippen molar-refractivity contribution in [2.75, 3.05) is 10.6 Å². The number of nitrogens with one attached hydrogen (secondary N) is 4. The monoisotopic (exact) mass is 440 g/mol. The van der Waals surface area contributed by atoms with Crippen molar-refractivity contribution < 1.29 is 15.2 Å². The van der Waals surface area contributed by atoms with E-state index >= 15 is 0 Å². The molecule has 13 heteroatoms. The van der Waals surface area contributed by atoms with E-state index in [9.17, 15) is 4.79 Å². The Morgan fingerprint density at radius 1 is 0.688 bits per heavy atom. The number of hydrogen-bond acceptors (Lipinski definition) is 7. The predicted molar refractivity (Wildman–Crippen MR) is 123 cm³/mol. The molecule has 2 aromatic rings. The van der Waals surface area contributed by atoms with E-state index in [1.54, 1.807) is 73.3 Å². The summed E-state index contributed by atoms with van der Waals surface area (Å²) in [4.78, 5) is 12.2. The van der Waals surface area contributed by atoms with Gasteiger partial charge in [0.25, 0.3) is 0 Å². The first kappa shape index (κ1) is 23.8. The smallest absolute Gasteiger partial charge is 0.323 e. The predicted octanol–water partition coefficient (Wildman–Crippen LogP) is 1.37. The minimum Gasteiger partial charge on any atom is -0.367 e. The summed E-state index contributed by atoms with van der Waals surface area (Å²) in [6, 6.07) is 13.4. The summed E-state index contributed by atoms with van der Waals surface area (Å²) in [6.07, 6.45) is 0. The van der Waals surface area contributed by atoms with Gasteiger partial charge in [-0.05, 0) is 49.2 Å². The normalized spacial score (nSPS) is 12.9. The van der Waals surface area contributed by atoms with Crippen molar-refractivity contribution in [2.24, 2.45) is 31.9 Å². The lowest BCUT2D eigenvalue weighted by Gasteiger charge is -2.09. The number of nitrogens with zero attached hydrogens (tertiary/aromatic N) is 4. The molecule has 0 aromatic heterocycles. The number of amides is 2. The highest BCUT2D eigenvalue weighted by Gasteiger charge is 2.05. The molecule has 32 heavy (non-hydrogen) atoms. The number of hydrogen-bond donors (Lipinski definition) is 8. The van der Waals surface area contributed by atoms with Gasteiger partial charge in [-0.15, -0.1) is 10.2 Å². The van der Waals surface area contributed by atoms with Crippen LogP contribution in [0.1, 0.15) is 25.0 Å². The van der Waals surface area contributed by atoms with Crippen LogP contribution in [0.4, 0.5) is 16.2 Å². The number of rotatable bonds is 6. The maximum absolute atomic E-state index is 12.2. The third-order valence-electron chi connectivity index (χ3n) is 3.97. The molecule has 2 rings (SSSR count). The largest absolute Gasteiger partial charge is 0.367 e. The fourth-order valence-corrected chi connectivity index (χ4v) is 2.30. The van der Waals surface area contributed by atoms with Crippen molar-refractivity contribution >= 4 is 40.7 Å². The molecule has 13 nitrogen and oxygen atoms in total. The molecular weight excluding hydrogens is 416 g/mol. The molecular formula is C19H24N10O3. The van der Waals surface area contributed by atoms with Crippen molar-refractivity contribution in [1.82, 2.24) is 11.0 Å². The number of anilines is 2. The molecule has 0 saturated heterocycles. The van der Waals surface area contributed by atoms with Crippen LogP contribution < -0.4 is 33.1 Å². The number of carbonyl (C=O) groups is 1. The molecule has 168 valence electrons. The fraction of sp³-hybridized carbons (Fsp3) is 0.105. The molecule has 2 aromatic carbocycles. The Hall–Kier alpha value is -4.49. The average Bonchev–Trinajstić information content (AvgIpc) is 2.81. The summed E-state index contributed by atoms with van der Waals surface area (Å²) in [7, 11) is 0. The van der Waals surface area contributed by atoms with Crippen molar-refractivity contribution in [3.05, 3.63) is 59.7 Å². The molecule has 0 saturated carbocycles. The zero-order valence-corrected chi connectivity index (χ0v) is 17.4. The highest BCUT2D eigenvalue weighted by Crippen LogP contribution is 2.14. The van der Waals surface area contributed by atoms with Gasteiger partial charge in [0.05, 0.1) is 11.4 Å². The molecule has 0 unspecified atom stereocenters. The van der Waals surface area contributed by atoms with E-state index in [1.165, 1.54) is 0 Å². The Morgan fingerprint density at radius 3 is 1.34 bits per heavy atom. The number of hydroxylamine groups is 2. The summed E-state index contributed by atoms with van der Waals surface area (Å²) in [5.41, 5.74) is 17.8. The quantitative estimate of drug-likeness (QED) is 0.188. The second-order valence-corrected chi connectivity index (χ2v) is 6.30. The van der Waals surface area contributed by atoms with Crippen LogP contribution >= 0.6 is 0 Å². The molecule has 0 aliphatic carbocycles. The van der Waals surface area contributed by atoms with E-state index in [4.69, 9.17) is 21.9 Å². The molecule has 0 aliphatic heterocycles. The van der Waals surface area contributed by atoms with Gasteiger partial charge in [-0.1, -0.05) is 24.3 Å². The zero-order chi connectivity index (χ0) is 23.5. The maximum Gasteiger partial charge on any atom is 0.323 e. The number of nitrogens with two attached hydrogens (primary N) is 2. The van der Waals surface area contributed by atoms with Gasteiger partial charge in [0, 0.05) is 11.4 Å². The number of benzene rings is 2. The Balaban J connectivity index is 1.96. The van der Waals surface area contributed by atoms with E-state index in [1.807, 2.05) is 0 Å². The lowest BCUT2D eigenvalue weighted by atomic mass is 10.1. The number of carbonyl (C=O) groups excluding carboxylic acids is 1. The van der Waals surface area contributed by atoms with Gasteiger partial charge in [-0.3, -0.25) is 10.4 Å². The molecule has 0 spiro atoms. The molecule has 0 radical (unpaired) electrons. The Labute approximate surface area is 183 Å². The van der Waals surface area contributed by atoms with Gasteiger partial charge in [-0.2, -0.15) is 10.2 Å². The lowest BCUT2D eigenvalue weighted by Crippen LogP contribution is -2.27. The van der Waals surface area contributed by atoms with Gasteiger partial charge in [-0.25, -0.2) is 15.8 Å². The van der Waals surface area contributed by atoms with E-state index in [0.29, 0.717) is 22.8 Å². The second-order valence-electron chi connectivity index (χ2n) is 6.30. The zero-order valence-electron chi connectivity index (χ0n) is 17.4. The highest BCUT2D eigenvalue weighted by molar-refractivity contribution is 6.02. The Morgan fingerprint density at radius 2 is 1.03 bits per heavy atom. The highest BCUT2D eigenvalue weighted by atomic mass is 16.5. The summed E-state index contributed by atoms with van der Waals surface area (Å²) in [5, 5.41) is 37.5. The number of urea groups is 1. The van der Waals surface area contributed by atoms with E-state index in [2.05, 4.69) is 31.0 Å². The van der Waals surface area contributed by atoms with Crippen LogP contribution in [0.3, 0.4) is 0 Å². The summed E-state index contributed by atoms with van der Waals surface area (Å²) < 4.78 is 0. The van der Waals surface area contributed by atoms with Gasteiger partial charge in [0.1, 0.15) is 0 Å². The Kier molecular flexibility index (Phi) is 8.65. The minimum absolute atomic E-state index is 0.230. The van der Waals surface area contributed by atoms with Gasteiger partial charge in [0.15, 0.2) is 0 Å². The van der Waals surface area contributed by atoms with Gasteiger partial charge < -0.3 is 22.1 Å². The summed E-state index contributed by atoms with van der Waals surface area (Å²) >= 11 is 0. The molecule has 0 fully saturated rings. The molecule has 0 aliphatic rings. The lowest BCUT2D eigenvalue weighted by molar-refractivity contribution is 0.232. The molecule has 0 atom stereocenters. The van der Waals surface area contributed by atoms with Crippen LogP contribution in [0.2, 0.25) is 0 Å². The van der Waals surface area contributed by atoms with Crippen molar-refractivity contribution in [3.8, 4) is 0 Å². The van der Waals surface area contributed by atoms with E-state index < -0.39 is 6.03 Å². The first-order valence-electron chi connectivity index (χ1n) is 9.17. The molecule has 0 bridgehead atoms. The van der Waals surface area contributed by atoms with Crippen LogP contribution in [0.25, 0.3) is 0 Å². The molecule has 0 heterocycles. The first-order chi connectivity index (χ1) is 15.3. The molecule has 10 N–H and O–H groups in total. The van der Waals surface area contributed by atoms with Gasteiger partial charge in [0.2, 0.25) is 11.9 Å². The summed E-state index contributed by atoms with van der Waals surface area (Å²) in [5.74, 6) is -0.459. The van der Waals surface area contributed by atoms with Crippen LogP contribution in [0, 0.1) is 0 Å². The summed E-state index contributed by atoms with van der Waals surface area (Å²) in [6.45, 7) is 3.45. The van der Waals surface area contributed by atoms with Gasteiger partial charge >= 0.3 is 6.03 Å². The first-order valence-corrected chi connectivity index (χ1v) is 9.17. The van der Waals surface area contributed by atoms with Crippen LogP contribution in [-0.4, -0.2) is 39.8 Å². The number of guanidine groups is 2. The maximum atomic E-state index is 12.2. The second kappa shape index (κ2) is 11.6. The van der Waals surface area contributed by atoms with E-state index in [-0.39, 0.29) is 11.9 Å². The Bertz CT molecular complexity index is 961. The standard InChI is InChI=1S/C19H24N10O3/c1-11(24-26-17(20)28-31)13-3-7-15(8-4-13)22-19(30)23-16-9-5-14(6-10-16)12(2)25-27-18(21)29-32/h3-10,31-32H,1-2H3,(H3,20,26,28)(H3,21,27,29)(H2,22,23,30)/b24-11+,25-12+.